The van der Waals surface area contributed by atoms with Crippen LogP contribution in [0.3, 0.4) is 0 Å². The van der Waals surface area contributed by atoms with E-state index >= 15 is 0 Å². The summed E-state index contributed by atoms with van der Waals surface area (Å²) in [5.74, 6) is -0.924. The van der Waals surface area contributed by atoms with Crippen LogP contribution in [0.5, 0.6) is 0 Å². The highest BCUT2D eigenvalue weighted by molar-refractivity contribution is 5.95. The predicted octanol–water partition coefficient (Wildman–Crippen LogP) is 5.21. The number of carboxylic acid groups (broad SMARTS) is 1. The number of carboxylic acids is 1. The Morgan fingerprint density at radius 2 is 1.66 bits per heavy atom. The van der Waals surface area contributed by atoms with Crippen LogP contribution in [-0.4, -0.2) is 29.1 Å². The molecule has 5 heteroatoms. The van der Waals surface area contributed by atoms with Crippen molar-refractivity contribution in [2.75, 3.05) is 5.32 Å². The molecule has 0 aromatic heterocycles. The zero-order valence-electron chi connectivity index (χ0n) is 20.4. The topological polar surface area (TPSA) is 78.4 Å². The molecule has 1 amide bonds. The summed E-state index contributed by atoms with van der Waals surface area (Å²) in [5, 5.41) is 16.5. The smallest absolute Gasteiger partial charge is 0.320 e. The van der Waals surface area contributed by atoms with Gasteiger partial charge in [0.25, 0.3) is 0 Å². The first kappa shape index (κ1) is 24.7. The minimum absolute atomic E-state index is 0.0763. The lowest BCUT2D eigenvalue weighted by molar-refractivity contribution is -0.140. The number of fused-ring (bicyclic) bond motifs is 1. The number of amides is 1. The molecule has 0 fully saturated rings. The third kappa shape index (κ3) is 6.37. The van der Waals surface area contributed by atoms with Crippen LogP contribution in [0.4, 0.5) is 5.69 Å². The Morgan fingerprint density at radius 1 is 0.971 bits per heavy atom. The van der Waals surface area contributed by atoms with Gasteiger partial charge in [-0.2, -0.15) is 0 Å². The summed E-state index contributed by atoms with van der Waals surface area (Å²) in [6, 6.07) is 25.0. The minimum atomic E-state index is -0.890. The first-order valence-electron chi connectivity index (χ1n) is 12.4. The number of para-hydroxylation sites is 1. The van der Waals surface area contributed by atoms with E-state index < -0.39 is 17.9 Å². The number of anilines is 1. The molecule has 0 saturated carbocycles. The van der Waals surface area contributed by atoms with Gasteiger partial charge in [0, 0.05) is 11.7 Å². The maximum absolute atomic E-state index is 13.4. The number of nitrogens with one attached hydrogen (secondary N) is 2. The summed E-state index contributed by atoms with van der Waals surface area (Å²) < 4.78 is 0. The third-order valence-electron chi connectivity index (χ3n) is 6.92. The lowest BCUT2D eigenvalue weighted by Crippen LogP contribution is -2.50. The Morgan fingerprint density at radius 3 is 2.34 bits per heavy atom. The number of benzene rings is 3. The summed E-state index contributed by atoms with van der Waals surface area (Å²) in [6.45, 7) is 4.32. The molecular weight excluding hydrogens is 436 g/mol. The van der Waals surface area contributed by atoms with E-state index in [1.54, 1.807) is 0 Å². The number of rotatable bonds is 9. The Hall–Kier alpha value is -3.44. The van der Waals surface area contributed by atoms with Crippen LogP contribution in [0.15, 0.2) is 78.9 Å². The van der Waals surface area contributed by atoms with Gasteiger partial charge in [0.1, 0.15) is 6.04 Å². The summed E-state index contributed by atoms with van der Waals surface area (Å²) >= 11 is 0. The zero-order chi connectivity index (χ0) is 24.8. The van der Waals surface area contributed by atoms with Crippen molar-refractivity contribution in [2.45, 2.75) is 57.5 Å². The molecule has 3 aromatic rings. The van der Waals surface area contributed by atoms with Gasteiger partial charge in [-0.25, -0.2) is 0 Å². The van der Waals surface area contributed by atoms with Gasteiger partial charge in [-0.05, 0) is 59.9 Å². The summed E-state index contributed by atoms with van der Waals surface area (Å²) in [6.07, 6.45) is 2.23. The number of carbonyl (C=O) groups excluding carboxylic acids is 1. The third-order valence-corrected chi connectivity index (χ3v) is 6.92. The van der Waals surface area contributed by atoms with Crippen molar-refractivity contribution in [1.29, 1.82) is 0 Å². The standard InChI is InChI=1S/C30H34N2O3/c1-20(2)23-15-12-22(13-16-23)18-25-28(19-24-10-6-7-11-26(24)32-29(25)33)31-27(30(34)35)17-14-21-8-4-3-5-9-21/h3-13,15-16,20,25,27-28,31H,14,17-19H2,1-2H3,(H,32,33)(H,34,35)/t25-,27+,28?/m1/s1. The zero-order valence-corrected chi connectivity index (χ0v) is 20.4. The molecule has 0 saturated heterocycles. The summed E-state index contributed by atoms with van der Waals surface area (Å²) in [5.41, 5.74) is 5.25. The van der Waals surface area contributed by atoms with E-state index in [4.69, 9.17) is 0 Å². The van der Waals surface area contributed by atoms with Crippen molar-refractivity contribution in [2.24, 2.45) is 5.92 Å². The van der Waals surface area contributed by atoms with Gasteiger partial charge in [-0.3, -0.25) is 9.59 Å². The molecule has 1 unspecified atom stereocenters. The molecule has 1 aliphatic rings. The largest absolute Gasteiger partial charge is 0.480 e. The van der Waals surface area contributed by atoms with Gasteiger partial charge in [-0.1, -0.05) is 86.6 Å². The van der Waals surface area contributed by atoms with Crippen molar-refractivity contribution in [1.82, 2.24) is 5.32 Å². The SMILES string of the molecule is CC(C)c1ccc(C[C@H]2C(=O)Nc3ccccc3CC2N[C@@H](CCc2ccccc2)C(=O)O)cc1. The second-order valence-electron chi connectivity index (χ2n) is 9.75. The molecule has 3 atom stereocenters. The molecule has 1 heterocycles. The number of aryl methyl sites for hydroxylation is 1. The monoisotopic (exact) mass is 470 g/mol. The van der Waals surface area contributed by atoms with Crippen molar-refractivity contribution in [3.05, 3.63) is 101 Å². The van der Waals surface area contributed by atoms with Crippen molar-refractivity contribution >= 4 is 17.6 Å². The Labute approximate surface area is 207 Å². The first-order valence-corrected chi connectivity index (χ1v) is 12.4. The second-order valence-corrected chi connectivity index (χ2v) is 9.75. The molecule has 0 bridgehead atoms. The van der Waals surface area contributed by atoms with Gasteiger partial charge in [0.15, 0.2) is 0 Å². The normalized spacial score (nSPS) is 18.4. The molecule has 35 heavy (non-hydrogen) atoms. The number of hydrogen-bond donors (Lipinski definition) is 3. The molecule has 5 nitrogen and oxygen atoms in total. The molecular formula is C30H34N2O3. The van der Waals surface area contributed by atoms with Crippen LogP contribution in [0.25, 0.3) is 0 Å². The fourth-order valence-corrected chi connectivity index (χ4v) is 4.80. The molecule has 3 aromatic carbocycles. The van der Waals surface area contributed by atoms with Crippen LogP contribution < -0.4 is 10.6 Å². The van der Waals surface area contributed by atoms with Crippen LogP contribution >= 0.6 is 0 Å². The Bertz CT molecular complexity index is 1140. The maximum Gasteiger partial charge on any atom is 0.320 e. The van der Waals surface area contributed by atoms with E-state index in [2.05, 4.69) is 48.7 Å². The second kappa shape index (κ2) is 11.3. The van der Waals surface area contributed by atoms with Crippen molar-refractivity contribution in [3.63, 3.8) is 0 Å². The summed E-state index contributed by atoms with van der Waals surface area (Å²) in [4.78, 5) is 25.6. The fourth-order valence-electron chi connectivity index (χ4n) is 4.80. The van der Waals surface area contributed by atoms with Crippen molar-refractivity contribution < 1.29 is 14.7 Å². The van der Waals surface area contributed by atoms with Gasteiger partial charge < -0.3 is 15.7 Å². The maximum atomic E-state index is 13.4. The van der Waals surface area contributed by atoms with E-state index in [0.717, 1.165) is 22.4 Å². The van der Waals surface area contributed by atoms with Crippen LogP contribution in [0, 0.1) is 5.92 Å². The van der Waals surface area contributed by atoms with E-state index in [-0.39, 0.29) is 11.9 Å². The minimum Gasteiger partial charge on any atom is -0.480 e. The molecule has 3 N–H and O–H groups in total. The van der Waals surface area contributed by atoms with E-state index in [1.807, 2.05) is 54.6 Å². The average Bonchev–Trinajstić information content (AvgIpc) is 2.98. The fraction of sp³-hybridized carbons (Fsp3) is 0.333. The Balaban J connectivity index is 1.58. The predicted molar refractivity (Wildman–Crippen MR) is 140 cm³/mol. The van der Waals surface area contributed by atoms with Crippen LogP contribution in [0.2, 0.25) is 0 Å². The summed E-state index contributed by atoms with van der Waals surface area (Å²) in [7, 11) is 0. The number of aliphatic carboxylic acids is 1. The molecule has 1 aliphatic heterocycles. The highest BCUT2D eigenvalue weighted by atomic mass is 16.4. The van der Waals surface area contributed by atoms with Crippen LogP contribution in [0.1, 0.15) is 48.4 Å². The van der Waals surface area contributed by atoms with E-state index in [1.165, 1.54) is 5.56 Å². The van der Waals surface area contributed by atoms with E-state index in [9.17, 15) is 14.7 Å². The van der Waals surface area contributed by atoms with Gasteiger partial charge in [-0.15, -0.1) is 0 Å². The lowest BCUT2D eigenvalue weighted by Gasteiger charge is -2.28. The first-order chi connectivity index (χ1) is 16.9. The van der Waals surface area contributed by atoms with Crippen LogP contribution in [-0.2, 0) is 28.9 Å². The Kier molecular flexibility index (Phi) is 7.98. The number of carbonyl (C=O) groups is 2. The van der Waals surface area contributed by atoms with Gasteiger partial charge in [0.2, 0.25) is 5.91 Å². The van der Waals surface area contributed by atoms with Crippen molar-refractivity contribution in [3.8, 4) is 0 Å². The molecule has 182 valence electrons. The average molecular weight is 471 g/mol. The molecule has 0 aliphatic carbocycles. The van der Waals surface area contributed by atoms with Gasteiger partial charge >= 0.3 is 5.97 Å². The lowest BCUT2D eigenvalue weighted by atomic mass is 9.87. The molecule has 0 spiro atoms. The quantitative estimate of drug-likeness (QED) is 0.401. The molecule has 0 radical (unpaired) electrons. The highest BCUT2D eigenvalue weighted by Crippen LogP contribution is 2.28. The number of hydrogen-bond acceptors (Lipinski definition) is 3. The highest BCUT2D eigenvalue weighted by Gasteiger charge is 2.35. The molecule has 4 rings (SSSR count). The van der Waals surface area contributed by atoms with Gasteiger partial charge in [0.05, 0.1) is 5.92 Å². The van der Waals surface area contributed by atoms with E-state index in [0.29, 0.717) is 31.6 Å².